The van der Waals surface area contributed by atoms with Crippen molar-refractivity contribution in [1.82, 2.24) is 0 Å². The van der Waals surface area contributed by atoms with E-state index in [1.54, 1.807) is 0 Å². The van der Waals surface area contributed by atoms with Crippen molar-refractivity contribution in [2.75, 3.05) is 0 Å². The molecule has 1 nitrogen and oxygen atoms in total. The molecule has 0 saturated carbocycles. The van der Waals surface area contributed by atoms with Crippen LogP contribution in [0.3, 0.4) is 0 Å². The largest absolute Gasteiger partial charge is 0.187 e. The van der Waals surface area contributed by atoms with Gasteiger partial charge in [0.05, 0.1) is 0 Å². The van der Waals surface area contributed by atoms with Gasteiger partial charge in [-0.3, -0.25) is 0 Å². The fourth-order valence-electron chi connectivity index (χ4n) is 0. The Bertz CT molecular complexity index is 19.1. The minimum atomic E-state index is 0. The molecule has 0 bridgehead atoms. The Morgan fingerprint density at radius 2 is 1.60 bits per heavy atom. The molecule has 0 atom stereocenters. The monoisotopic (exact) mass is 136 g/mol. The van der Waals surface area contributed by atoms with Crippen LogP contribution in [0.4, 0.5) is 0 Å². The van der Waals surface area contributed by atoms with E-state index < -0.39 is 0 Å². The van der Waals surface area contributed by atoms with Crippen LogP contribution in [0.2, 0.25) is 0 Å². The normalized spacial score (nSPS) is 2.40. The zero-order valence-electron chi connectivity index (χ0n) is 2.49. The van der Waals surface area contributed by atoms with Crippen LogP contribution in [-0.2, 0) is 26.4 Å². The predicted molar refractivity (Wildman–Crippen MR) is 26.3 cm³/mol. The molecule has 0 N–H and O–H groups in total. The van der Waals surface area contributed by atoms with Crippen molar-refractivity contribution in [3.05, 3.63) is 0 Å². The fraction of sp³-hybridized carbons (Fsp3) is 0. The smallest absolute Gasteiger partial charge is 0 e. The van der Waals surface area contributed by atoms with E-state index in [2.05, 4.69) is 0 Å². The third-order valence-electron chi connectivity index (χ3n) is 0. The Balaban J connectivity index is -0.0000000200. The van der Waals surface area contributed by atoms with E-state index in [1.165, 1.54) is 0 Å². The van der Waals surface area contributed by atoms with Crippen LogP contribution >= 0.6 is 0 Å². The quantitative estimate of drug-likeness (QED) is 0.327. The first-order valence-corrected chi connectivity index (χ1v) is 1.97. The number of hydrogen-bond acceptors (Lipinski definition) is 1. The first kappa shape index (κ1) is 16.2. The van der Waals surface area contributed by atoms with Crippen LogP contribution in [0.15, 0.2) is 0 Å². The molecule has 0 aliphatic rings. The molecule has 0 heterocycles. The van der Waals surface area contributed by atoms with Gasteiger partial charge < -0.3 is 0 Å². The average Bonchev–Trinajstić information content (AvgIpc) is 0.918. The van der Waals surface area contributed by atoms with Crippen LogP contribution in [0.25, 0.3) is 0 Å². The molecule has 0 aromatic rings. The molecule has 0 aliphatic carbocycles. The van der Waals surface area contributed by atoms with Gasteiger partial charge in [-0.25, -0.2) is 0 Å². The summed E-state index contributed by atoms with van der Waals surface area (Å²) in [5, 5.41) is 0. The average molecular weight is 136 g/mol. The van der Waals surface area contributed by atoms with Gasteiger partial charge in [-0.2, -0.15) is 0 Å². The van der Waals surface area contributed by atoms with Crippen LogP contribution in [0.5, 0.6) is 0 Å². The van der Waals surface area contributed by atoms with E-state index in [-0.39, 0.29) is 39.1 Å². The molecule has 0 aliphatic heterocycles. The maximum absolute atomic E-state index is 8.87. The van der Waals surface area contributed by atoms with Gasteiger partial charge in [-0.05, 0) is 0 Å². The zero-order chi connectivity index (χ0) is 2.71. The summed E-state index contributed by atoms with van der Waals surface area (Å²) in [6, 6.07) is 0. The van der Waals surface area contributed by atoms with E-state index in [0.29, 0.717) is 10.1 Å². The molecule has 5 heavy (non-hydrogen) atoms. The molecule has 0 rings (SSSR count). The summed E-state index contributed by atoms with van der Waals surface area (Å²) < 4.78 is 8.87. The molecule has 0 spiro atoms. The van der Waals surface area contributed by atoms with E-state index in [1.807, 2.05) is 0 Å². The molecule has 26 valence electrons. The van der Waals surface area contributed by atoms with Gasteiger partial charge in [0.2, 0.25) is 0 Å². The van der Waals surface area contributed by atoms with Crippen LogP contribution in [-0.4, -0.2) is 34.2 Å². The summed E-state index contributed by atoms with van der Waals surface area (Å²) in [6.45, 7) is 0.889. The van der Waals surface area contributed by atoms with Crippen molar-refractivity contribution in [1.29, 1.82) is 0 Å². The summed E-state index contributed by atoms with van der Waals surface area (Å²) in [6.07, 6.45) is 0. The Labute approximate surface area is 60.5 Å². The third-order valence-corrected chi connectivity index (χ3v) is 0. The number of rotatable bonds is 0. The van der Waals surface area contributed by atoms with Crippen molar-refractivity contribution in [3.8, 4) is 0 Å². The van der Waals surface area contributed by atoms with E-state index in [9.17, 15) is 0 Å². The molecule has 0 aromatic heterocycles. The van der Waals surface area contributed by atoms with Gasteiger partial charge in [0.25, 0.3) is 0 Å². The molecule has 0 fully saturated rings. The maximum atomic E-state index is 8.87. The van der Waals surface area contributed by atoms with Crippen molar-refractivity contribution < 1.29 is 26.4 Å². The van der Waals surface area contributed by atoms with Gasteiger partial charge in [-0.15, -0.1) is 0 Å². The zero-order valence-corrected chi connectivity index (χ0v) is 6.05. The van der Waals surface area contributed by atoms with Crippen LogP contribution in [0, 0.1) is 0 Å². The summed E-state index contributed by atoms with van der Waals surface area (Å²) in [5.41, 5.74) is 0. The first-order chi connectivity index (χ1) is 1.41. The van der Waals surface area contributed by atoms with Crippen molar-refractivity contribution in [2.45, 2.75) is 0 Å². The first-order valence-electron chi connectivity index (χ1n) is 0.813. The molecular formula is H6AlBOSiTi. The summed E-state index contributed by atoms with van der Waals surface area (Å²) in [4.78, 5) is 0. The summed E-state index contributed by atoms with van der Waals surface area (Å²) >= 11 is 0. The van der Waals surface area contributed by atoms with Crippen molar-refractivity contribution in [3.63, 3.8) is 0 Å². The van der Waals surface area contributed by atoms with E-state index in [0.717, 1.165) is 6.74 Å². The van der Waals surface area contributed by atoms with Crippen molar-refractivity contribution in [2.24, 2.45) is 0 Å². The molecule has 0 saturated heterocycles. The minimum absolute atomic E-state index is 0. The Kier molecular flexibility index (Phi) is 59.7. The second-order valence-electron chi connectivity index (χ2n) is 0.236. The number of hydrogen-bond donors (Lipinski definition) is 0. The molecular weight excluding hydrogens is 130 g/mol. The third kappa shape index (κ3) is 33.4. The minimum Gasteiger partial charge on any atom is 0 e. The Hall–Kier alpha value is 1.33. The van der Waals surface area contributed by atoms with Gasteiger partial charge in [0.1, 0.15) is 0 Å². The van der Waals surface area contributed by atoms with Gasteiger partial charge in [-0.1, -0.05) is 0 Å². The topological polar surface area (TPSA) is 17.1 Å². The van der Waals surface area contributed by atoms with Gasteiger partial charge >= 0.3 is 21.6 Å². The summed E-state index contributed by atoms with van der Waals surface area (Å²) in [5.74, 6) is 0. The fourth-order valence-corrected chi connectivity index (χ4v) is 0. The Morgan fingerprint density at radius 3 is 1.60 bits per heavy atom. The van der Waals surface area contributed by atoms with Crippen LogP contribution in [0.1, 0.15) is 0 Å². The summed E-state index contributed by atoms with van der Waals surface area (Å²) in [7, 11) is 0.688. The second-order valence-corrected chi connectivity index (χ2v) is 0.707. The second kappa shape index (κ2) is 18.4. The molecule has 0 unspecified atom stereocenters. The molecule has 0 aromatic carbocycles. The SMILES string of the molecule is O=B[SiH3].[AlH3].[Ti]. The van der Waals surface area contributed by atoms with E-state index >= 15 is 0 Å². The standard InChI is InChI=1S/Al.BH3OSi.Ti.3H/c;2-1-3;;;;/h;3H3;;;;. The van der Waals surface area contributed by atoms with Gasteiger partial charge in [0.15, 0.2) is 17.4 Å². The van der Waals surface area contributed by atoms with Gasteiger partial charge in [0, 0.05) is 21.7 Å². The molecule has 0 radical (unpaired) electrons. The Morgan fingerprint density at radius 1 is 1.60 bits per heavy atom. The van der Waals surface area contributed by atoms with E-state index in [4.69, 9.17) is 4.70 Å². The van der Waals surface area contributed by atoms with Crippen LogP contribution < -0.4 is 0 Å². The maximum Gasteiger partial charge on any atom is 0.187 e. The molecule has 0 amide bonds. The molecule has 5 heteroatoms. The predicted octanol–water partition coefficient (Wildman–Crippen LogP) is -2.87. The van der Waals surface area contributed by atoms with Crippen molar-refractivity contribution >= 4 is 34.2 Å².